The van der Waals surface area contributed by atoms with E-state index in [1.165, 1.54) is 6.07 Å². The Morgan fingerprint density at radius 2 is 2.11 bits per heavy atom. The number of rotatable bonds is 2. The molecule has 3 aromatic rings. The Balaban J connectivity index is 2.06. The molecule has 0 amide bonds. The number of benzene rings is 1. The average molecular weight is 274 g/mol. The molecule has 19 heavy (non-hydrogen) atoms. The van der Waals surface area contributed by atoms with Crippen molar-refractivity contribution in [3.63, 3.8) is 0 Å². The van der Waals surface area contributed by atoms with Crippen molar-refractivity contribution in [2.24, 2.45) is 0 Å². The van der Waals surface area contributed by atoms with E-state index in [4.69, 9.17) is 20.4 Å². The number of hydrogen-bond donors (Lipinski definition) is 0. The maximum atomic E-state index is 11.8. The van der Waals surface area contributed by atoms with Gasteiger partial charge in [-0.15, -0.1) is 0 Å². The minimum Gasteiger partial charge on any atom is -0.465 e. The maximum Gasteiger partial charge on any atom is 0.347 e. The molecule has 0 saturated carbocycles. The van der Waals surface area contributed by atoms with E-state index in [0.29, 0.717) is 21.7 Å². The van der Waals surface area contributed by atoms with Crippen molar-refractivity contribution >= 4 is 34.7 Å². The fourth-order valence-corrected chi connectivity index (χ4v) is 1.84. The molecule has 0 spiro atoms. The van der Waals surface area contributed by atoms with Crippen molar-refractivity contribution in [3.05, 3.63) is 63.7 Å². The van der Waals surface area contributed by atoms with Gasteiger partial charge in [0.2, 0.25) is 5.89 Å². The number of halogens is 1. The van der Waals surface area contributed by atoms with Crippen LogP contribution in [-0.4, -0.2) is 4.98 Å². The van der Waals surface area contributed by atoms with E-state index in [1.807, 2.05) is 0 Å². The van der Waals surface area contributed by atoms with Gasteiger partial charge >= 0.3 is 5.63 Å². The fourth-order valence-electron chi connectivity index (χ4n) is 1.67. The summed E-state index contributed by atoms with van der Waals surface area (Å²) in [7, 11) is 0. The third-order valence-electron chi connectivity index (χ3n) is 2.54. The zero-order valence-electron chi connectivity index (χ0n) is 9.67. The molecule has 2 heterocycles. The van der Waals surface area contributed by atoms with Crippen LogP contribution < -0.4 is 5.63 Å². The summed E-state index contributed by atoms with van der Waals surface area (Å²) in [6, 6.07) is 8.45. The molecule has 0 unspecified atom stereocenters. The molecular formula is C14H8ClNO3. The van der Waals surface area contributed by atoms with Gasteiger partial charge in [0.1, 0.15) is 5.76 Å². The van der Waals surface area contributed by atoms with E-state index in [-0.39, 0.29) is 5.89 Å². The first kappa shape index (κ1) is 11.7. The standard InChI is InChI=1S/C14H8ClNO3/c15-9-3-5-12-11(8-9)14(17)19-13(16-12)6-4-10-2-1-7-18-10/h1-8H/b6-4+. The molecule has 0 aliphatic carbocycles. The van der Waals surface area contributed by atoms with Gasteiger partial charge in [-0.05, 0) is 36.4 Å². The van der Waals surface area contributed by atoms with Gasteiger partial charge in [-0.2, -0.15) is 0 Å². The first-order valence-corrected chi connectivity index (χ1v) is 5.92. The number of fused-ring (bicyclic) bond motifs is 1. The van der Waals surface area contributed by atoms with Crippen molar-refractivity contribution in [2.75, 3.05) is 0 Å². The van der Waals surface area contributed by atoms with E-state index in [1.54, 1.807) is 42.7 Å². The molecule has 0 atom stereocenters. The molecule has 0 saturated heterocycles. The van der Waals surface area contributed by atoms with Crippen molar-refractivity contribution in [1.82, 2.24) is 4.98 Å². The molecule has 0 fully saturated rings. The van der Waals surface area contributed by atoms with E-state index >= 15 is 0 Å². The van der Waals surface area contributed by atoms with Gasteiger partial charge in [0.05, 0.1) is 17.2 Å². The fraction of sp³-hybridized carbons (Fsp3) is 0. The van der Waals surface area contributed by atoms with E-state index in [9.17, 15) is 4.79 Å². The third-order valence-corrected chi connectivity index (χ3v) is 2.77. The van der Waals surface area contributed by atoms with Gasteiger partial charge in [0.15, 0.2) is 0 Å². The lowest BCUT2D eigenvalue weighted by atomic mass is 10.2. The van der Waals surface area contributed by atoms with Crippen molar-refractivity contribution < 1.29 is 8.83 Å². The van der Waals surface area contributed by atoms with Gasteiger partial charge in [-0.1, -0.05) is 11.6 Å². The molecule has 1 aromatic carbocycles. The quantitative estimate of drug-likeness (QED) is 0.716. The smallest absolute Gasteiger partial charge is 0.347 e. The Morgan fingerprint density at radius 1 is 1.21 bits per heavy atom. The van der Waals surface area contributed by atoms with Crippen LogP contribution in [-0.2, 0) is 0 Å². The highest BCUT2D eigenvalue weighted by molar-refractivity contribution is 6.31. The first-order chi connectivity index (χ1) is 9.22. The van der Waals surface area contributed by atoms with Crippen LogP contribution in [0.25, 0.3) is 23.1 Å². The summed E-state index contributed by atoms with van der Waals surface area (Å²) >= 11 is 5.82. The second kappa shape index (κ2) is 4.74. The number of nitrogens with zero attached hydrogens (tertiary/aromatic N) is 1. The van der Waals surface area contributed by atoms with Gasteiger partial charge in [-0.3, -0.25) is 0 Å². The normalized spacial score (nSPS) is 11.4. The van der Waals surface area contributed by atoms with Crippen LogP contribution in [0.5, 0.6) is 0 Å². The second-order valence-corrected chi connectivity index (χ2v) is 4.29. The molecule has 0 bridgehead atoms. The molecule has 0 aliphatic heterocycles. The summed E-state index contributed by atoms with van der Waals surface area (Å²) in [5.41, 5.74) is 0.0753. The highest BCUT2D eigenvalue weighted by Crippen LogP contribution is 2.16. The van der Waals surface area contributed by atoms with Crippen LogP contribution in [0.3, 0.4) is 0 Å². The lowest BCUT2D eigenvalue weighted by molar-refractivity contribution is 0.490. The highest BCUT2D eigenvalue weighted by atomic mass is 35.5. The zero-order valence-corrected chi connectivity index (χ0v) is 10.4. The minimum atomic E-state index is -0.466. The lowest BCUT2D eigenvalue weighted by Crippen LogP contribution is -2.02. The van der Waals surface area contributed by atoms with Gasteiger partial charge < -0.3 is 8.83 Å². The Kier molecular flexibility index (Phi) is 2.93. The molecule has 0 radical (unpaired) electrons. The minimum absolute atomic E-state index is 0.219. The molecule has 94 valence electrons. The van der Waals surface area contributed by atoms with Gasteiger partial charge in [0, 0.05) is 11.1 Å². The Morgan fingerprint density at radius 3 is 2.89 bits per heavy atom. The monoisotopic (exact) mass is 273 g/mol. The molecule has 0 aliphatic rings. The Bertz CT molecular complexity index is 803. The topological polar surface area (TPSA) is 56.2 Å². The summed E-state index contributed by atoms with van der Waals surface area (Å²) in [4.78, 5) is 16.0. The summed E-state index contributed by atoms with van der Waals surface area (Å²) in [6.07, 6.45) is 4.81. The van der Waals surface area contributed by atoms with Crippen LogP contribution in [0.15, 0.2) is 50.2 Å². The van der Waals surface area contributed by atoms with Crippen molar-refractivity contribution in [1.29, 1.82) is 0 Å². The summed E-state index contributed by atoms with van der Waals surface area (Å²) in [6.45, 7) is 0. The lowest BCUT2D eigenvalue weighted by Gasteiger charge is -1.97. The van der Waals surface area contributed by atoms with Crippen molar-refractivity contribution in [2.45, 2.75) is 0 Å². The summed E-state index contributed by atoms with van der Waals surface area (Å²) in [5.74, 6) is 0.872. The van der Waals surface area contributed by atoms with E-state index < -0.39 is 5.63 Å². The maximum absolute atomic E-state index is 11.8. The SMILES string of the molecule is O=c1oc(/C=C/c2ccco2)nc2ccc(Cl)cc12. The summed E-state index contributed by atoms with van der Waals surface area (Å²) in [5, 5.41) is 0.836. The Labute approximate surface area is 112 Å². The summed E-state index contributed by atoms with van der Waals surface area (Å²) < 4.78 is 10.2. The van der Waals surface area contributed by atoms with Crippen LogP contribution >= 0.6 is 11.6 Å². The average Bonchev–Trinajstić information content (AvgIpc) is 2.90. The number of aromatic nitrogens is 1. The van der Waals surface area contributed by atoms with Crippen LogP contribution in [0.4, 0.5) is 0 Å². The largest absolute Gasteiger partial charge is 0.465 e. The third kappa shape index (κ3) is 2.44. The predicted octanol–water partition coefficient (Wildman–Crippen LogP) is 3.60. The first-order valence-electron chi connectivity index (χ1n) is 5.54. The van der Waals surface area contributed by atoms with Crippen LogP contribution in [0.2, 0.25) is 5.02 Å². The van der Waals surface area contributed by atoms with E-state index in [2.05, 4.69) is 4.98 Å². The van der Waals surface area contributed by atoms with E-state index in [0.717, 1.165) is 0 Å². The van der Waals surface area contributed by atoms with Crippen molar-refractivity contribution in [3.8, 4) is 0 Å². The number of hydrogen-bond acceptors (Lipinski definition) is 4. The molecule has 2 aromatic heterocycles. The highest BCUT2D eigenvalue weighted by Gasteiger charge is 2.05. The van der Waals surface area contributed by atoms with Crippen LogP contribution in [0.1, 0.15) is 11.7 Å². The molecule has 0 N–H and O–H groups in total. The molecular weight excluding hydrogens is 266 g/mol. The molecule has 5 heteroatoms. The van der Waals surface area contributed by atoms with Gasteiger partial charge in [0.25, 0.3) is 0 Å². The van der Waals surface area contributed by atoms with Gasteiger partial charge in [-0.25, -0.2) is 9.78 Å². The zero-order chi connectivity index (χ0) is 13.2. The molecule has 3 rings (SSSR count). The van der Waals surface area contributed by atoms with Crippen LogP contribution in [0, 0.1) is 0 Å². The number of furan rings is 1. The second-order valence-electron chi connectivity index (χ2n) is 3.85. The molecule has 4 nitrogen and oxygen atoms in total. The Hall–Kier alpha value is -2.33. The predicted molar refractivity (Wildman–Crippen MR) is 72.9 cm³/mol.